The summed E-state index contributed by atoms with van der Waals surface area (Å²) in [5.41, 5.74) is 2.18. The summed E-state index contributed by atoms with van der Waals surface area (Å²) in [6, 6.07) is 5.63. The minimum Gasteiger partial charge on any atom is -0.441 e. The molecule has 3 fully saturated rings. The summed E-state index contributed by atoms with van der Waals surface area (Å²) in [6.45, 7) is 10.2. The number of amides is 1. The second kappa shape index (κ2) is 7.92. The van der Waals surface area contributed by atoms with Gasteiger partial charge in [-0.3, -0.25) is 0 Å². The Balaban J connectivity index is 1.27. The zero-order valence-corrected chi connectivity index (χ0v) is 17.3. The van der Waals surface area contributed by atoms with Crippen molar-refractivity contribution >= 4 is 22.8 Å². The van der Waals surface area contributed by atoms with Crippen LogP contribution in [0.5, 0.6) is 0 Å². The highest BCUT2D eigenvalue weighted by atomic mass is 16.6. The van der Waals surface area contributed by atoms with E-state index >= 15 is 0 Å². The van der Waals surface area contributed by atoms with Crippen LogP contribution in [0.15, 0.2) is 24.5 Å². The fraction of sp³-hybridized carbons (Fsp3) is 0.609. The third-order valence-electron chi connectivity index (χ3n) is 6.83. The molecule has 2 aliphatic heterocycles. The first-order valence-corrected chi connectivity index (χ1v) is 11.1. The summed E-state index contributed by atoms with van der Waals surface area (Å²) in [4.78, 5) is 22.5. The molecule has 1 aromatic carbocycles. The SMILES string of the molecule is [C-]#[N+]c1ccc2ncn(C[C@H]3CCC[C@]4(C3)CN(CC3CCCCO3)C(=O)O4)c2c1. The van der Waals surface area contributed by atoms with Gasteiger partial charge in [0.05, 0.1) is 43.1 Å². The molecule has 7 nitrogen and oxygen atoms in total. The van der Waals surface area contributed by atoms with Crippen molar-refractivity contribution in [1.29, 1.82) is 0 Å². The fourth-order valence-electron chi connectivity index (χ4n) is 5.40. The predicted octanol–water partition coefficient (Wildman–Crippen LogP) is 4.54. The summed E-state index contributed by atoms with van der Waals surface area (Å²) in [5.74, 6) is 0.423. The third-order valence-corrected chi connectivity index (χ3v) is 6.83. The van der Waals surface area contributed by atoms with Crippen LogP contribution in [0, 0.1) is 12.5 Å². The van der Waals surface area contributed by atoms with Crippen LogP contribution in [0.25, 0.3) is 15.9 Å². The van der Waals surface area contributed by atoms with Gasteiger partial charge in [-0.1, -0.05) is 6.07 Å². The van der Waals surface area contributed by atoms with Crippen molar-refractivity contribution in [2.75, 3.05) is 19.7 Å². The Hall–Kier alpha value is -2.59. The number of ether oxygens (including phenoxy) is 2. The quantitative estimate of drug-likeness (QED) is 0.697. The summed E-state index contributed by atoms with van der Waals surface area (Å²) in [6.07, 6.45) is 9.15. The Bertz CT molecular complexity index is 974. The molecule has 1 spiro atoms. The Morgan fingerprint density at radius 2 is 2.17 bits per heavy atom. The largest absolute Gasteiger partial charge is 0.441 e. The van der Waals surface area contributed by atoms with Gasteiger partial charge in [0.15, 0.2) is 5.69 Å². The molecule has 3 aliphatic rings. The van der Waals surface area contributed by atoms with Gasteiger partial charge in [-0.2, -0.15) is 0 Å². The molecule has 0 bridgehead atoms. The lowest BCUT2D eigenvalue weighted by Gasteiger charge is -2.36. The number of rotatable bonds is 4. The molecule has 158 valence electrons. The van der Waals surface area contributed by atoms with Gasteiger partial charge in [-0.15, -0.1) is 0 Å². The zero-order valence-electron chi connectivity index (χ0n) is 17.3. The molecule has 2 aromatic rings. The molecular weight excluding hydrogens is 380 g/mol. The van der Waals surface area contributed by atoms with Crippen molar-refractivity contribution < 1.29 is 14.3 Å². The number of hydrogen-bond donors (Lipinski definition) is 0. The van der Waals surface area contributed by atoms with Gasteiger partial charge in [-0.25, -0.2) is 14.6 Å². The second-order valence-electron chi connectivity index (χ2n) is 9.06. The number of fused-ring (bicyclic) bond motifs is 1. The summed E-state index contributed by atoms with van der Waals surface area (Å²) < 4.78 is 14.0. The van der Waals surface area contributed by atoms with Gasteiger partial charge < -0.3 is 18.9 Å². The van der Waals surface area contributed by atoms with E-state index in [2.05, 4.69) is 14.4 Å². The first-order valence-electron chi connectivity index (χ1n) is 11.1. The second-order valence-corrected chi connectivity index (χ2v) is 9.06. The molecule has 5 rings (SSSR count). The zero-order chi connectivity index (χ0) is 20.6. The molecule has 1 saturated carbocycles. The van der Waals surface area contributed by atoms with Crippen LogP contribution < -0.4 is 0 Å². The molecule has 1 aromatic heterocycles. The predicted molar refractivity (Wildman–Crippen MR) is 112 cm³/mol. The van der Waals surface area contributed by atoms with Gasteiger partial charge >= 0.3 is 6.09 Å². The number of imidazole rings is 1. The van der Waals surface area contributed by atoms with Gasteiger partial charge in [0.25, 0.3) is 0 Å². The van der Waals surface area contributed by atoms with E-state index in [1.54, 1.807) is 0 Å². The first-order chi connectivity index (χ1) is 14.6. The van der Waals surface area contributed by atoms with Crippen LogP contribution >= 0.6 is 0 Å². The topological polar surface area (TPSA) is 61.0 Å². The highest BCUT2D eigenvalue weighted by Crippen LogP contribution is 2.41. The van der Waals surface area contributed by atoms with E-state index in [0.717, 1.165) is 62.7 Å². The normalized spacial score (nSPS) is 29.3. The van der Waals surface area contributed by atoms with E-state index in [0.29, 0.717) is 24.7 Å². The number of nitrogens with zero attached hydrogens (tertiary/aromatic N) is 4. The maximum Gasteiger partial charge on any atom is 0.410 e. The third kappa shape index (κ3) is 3.77. The van der Waals surface area contributed by atoms with Crippen LogP contribution in [0.3, 0.4) is 0 Å². The Labute approximate surface area is 176 Å². The molecule has 1 aliphatic carbocycles. The molecule has 1 unspecified atom stereocenters. The molecule has 30 heavy (non-hydrogen) atoms. The Morgan fingerprint density at radius 3 is 3.00 bits per heavy atom. The van der Waals surface area contributed by atoms with Crippen molar-refractivity contribution in [3.8, 4) is 0 Å². The molecule has 3 heterocycles. The number of hydrogen-bond acceptors (Lipinski definition) is 4. The lowest BCUT2D eigenvalue weighted by Crippen LogP contribution is -2.42. The van der Waals surface area contributed by atoms with E-state index in [1.807, 2.05) is 29.4 Å². The lowest BCUT2D eigenvalue weighted by molar-refractivity contribution is -0.000135. The maximum absolute atomic E-state index is 12.6. The van der Waals surface area contributed by atoms with E-state index in [4.69, 9.17) is 16.0 Å². The number of carbonyl (C=O) groups is 1. The molecule has 3 atom stereocenters. The summed E-state index contributed by atoms with van der Waals surface area (Å²) >= 11 is 0. The van der Waals surface area contributed by atoms with Crippen LogP contribution in [0.4, 0.5) is 10.5 Å². The molecular formula is C23H28N4O3. The number of carbonyl (C=O) groups excluding carboxylic acids is 1. The molecule has 7 heteroatoms. The van der Waals surface area contributed by atoms with Crippen LogP contribution in [-0.4, -0.2) is 51.9 Å². The maximum atomic E-state index is 12.6. The van der Waals surface area contributed by atoms with Gasteiger partial charge in [-0.05, 0) is 63.0 Å². The van der Waals surface area contributed by atoms with Crippen molar-refractivity contribution in [2.24, 2.45) is 5.92 Å². The van der Waals surface area contributed by atoms with E-state index < -0.39 is 0 Å². The molecule has 2 saturated heterocycles. The minimum atomic E-state index is -0.368. The Morgan fingerprint density at radius 1 is 1.23 bits per heavy atom. The summed E-state index contributed by atoms with van der Waals surface area (Å²) in [5, 5.41) is 0. The minimum absolute atomic E-state index is 0.148. The first kappa shape index (κ1) is 19.4. The highest BCUT2D eigenvalue weighted by Gasteiger charge is 2.48. The van der Waals surface area contributed by atoms with Gasteiger partial charge in [0.1, 0.15) is 5.60 Å². The molecule has 1 amide bonds. The van der Waals surface area contributed by atoms with Crippen LogP contribution in [0.1, 0.15) is 44.9 Å². The monoisotopic (exact) mass is 408 g/mol. The van der Waals surface area contributed by atoms with Gasteiger partial charge in [0.2, 0.25) is 0 Å². The van der Waals surface area contributed by atoms with Crippen molar-refractivity contribution in [1.82, 2.24) is 14.5 Å². The Kier molecular flexibility index (Phi) is 5.11. The van der Waals surface area contributed by atoms with E-state index in [-0.39, 0.29) is 17.8 Å². The molecule has 0 radical (unpaired) electrons. The average molecular weight is 409 g/mol. The standard InChI is InChI=1S/C23H28N4O3/c1-24-18-7-8-20-21(11-18)27(16-25-20)13-17-5-4-9-23(12-17)15-26(22(28)30-23)14-19-6-2-3-10-29-19/h7-8,11,16-17,19H,2-6,9-10,12-15H2/t17-,19?,23-/m0/s1. The molecule has 0 N–H and O–H groups in total. The van der Waals surface area contributed by atoms with Crippen LogP contribution in [-0.2, 0) is 16.0 Å². The lowest BCUT2D eigenvalue weighted by atomic mass is 9.78. The highest BCUT2D eigenvalue weighted by molar-refractivity contribution is 5.79. The van der Waals surface area contributed by atoms with Crippen LogP contribution in [0.2, 0.25) is 0 Å². The number of aromatic nitrogens is 2. The van der Waals surface area contributed by atoms with Crippen molar-refractivity contribution in [3.05, 3.63) is 35.9 Å². The van der Waals surface area contributed by atoms with Gasteiger partial charge in [0, 0.05) is 13.2 Å². The van der Waals surface area contributed by atoms with Crippen molar-refractivity contribution in [2.45, 2.75) is 63.2 Å². The summed E-state index contributed by atoms with van der Waals surface area (Å²) in [7, 11) is 0. The fourth-order valence-corrected chi connectivity index (χ4v) is 5.40. The smallest absolute Gasteiger partial charge is 0.410 e. The van der Waals surface area contributed by atoms with E-state index in [9.17, 15) is 4.79 Å². The van der Waals surface area contributed by atoms with E-state index in [1.165, 1.54) is 6.42 Å². The average Bonchev–Trinajstić information content (AvgIpc) is 3.29. The number of benzene rings is 1. The van der Waals surface area contributed by atoms with Crippen molar-refractivity contribution in [3.63, 3.8) is 0 Å².